The fourth-order valence-corrected chi connectivity index (χ4v) is 3.35. The molecule has 3 rings (SSSR count). The highest BCUT2D eigenvalue weighted by molar-refractivity contribution is 5.81. The summed E-state index contributed by atoms with van der Waals surface area (Å²) in [4.78, 5) is 12.5. The second-order valence-corrected chi connectivity index (χ2v) is 6.90. The molecule has 26 heavy (non-hydrogen) atoms. The molecule has 0 radical (unpaired) electrons. The number of carbonyl (C=O) groups excluding carboxylic acids is 1. The van der Waals surface area contributed by atoms with Crippen LogP contribution in [-0.2, 0) is 17.6 Å². The predicted octanol–water partition coefficient (Wildman–Crippen LogP) is 4.22. The first-order valence-corrected chi connectivity index (χ1v) is 9.29. The van der Waals surface area contributed by atoms with Crippen molar-refractivity contribution >= 4 is 5.91 Å². The number of hydrogen-bond acceptors (Lipinski definition) is 3. The van der Waals surface area contributed by atoms with E-state index in [0.717, 1.165) is 29.9 Å². The lowest BCUT2D eigenvalue weighted by Gasteiger charge is -2.21. The number of fused-ring (bicyclic) bond motifs is 1. The second kappa shape index (κ2) is 8.26. The Morgan fingerprint density at radius 1 is 0.962 bits per heavy atom. The van der Waals surface area contributed by atoms with E-state index in [-0.39, 0.29) is 11.9 Å². The lowest BCUT2D eigenvalue weighted by atomic mass is 9.92. The van der Waals surface area contributed by atoms with E-state index in [2.05, 4.69) is 17.4 Å². The van der Waals surface area contributed by atoms with Gasteiger partial charge in [0.15, 0.2) is 6.10 Å². The molecule has 2 aromatic carbocycles. The van der Waals surface area contributed by atoms with Gasteiger partial charge in [-0.05, 0) is 80.5 Å². The maximum Gasteiger partial charge on any atom is 0.261 e. The van der Waals surface area contributed by atoms with Crippen molar-refractivity contribution in [1.82, 2.24) is 5.32 Å². The summed E-state index contributed by atoms with van der Waals surface area (Å²) in [5.74, 6) is 1.45. The zero-order valence-electron chi connectivity index (χ0n) is 15.7. The fourth-order valence-electron chi connectivity index (χ4n) is 3.35. The van der Waals surface area contributed by atoms with Crippen molar-refractivity contribution in [3.63, 3.8) is 0 Å². The number of nitrogens with one attached hydrogen (secondary N) is 1. The van der Waals surface area contributed by atoms with Crippen LogP contribution in [-0.4, -0.2) is 19.1 Å². The third-order valence-electron chi connectivity index (χ3n) is 4.98. The van der Waals surface area contributed by atoms with E-state index in [9.17, 15) is 4.79 Å². The molecular formula is C22H27NO3. The number of hydrogen-bond donors (Lipinski definition) is 1. The Morgan fingerprint density at radius 2 is 1.62 bits per heavy atom. The van der Waals surface area contributed by atoms with Crippen molar-refractivity contribution in [3.05, 3.63) is 59.2 Å². The van der Waals surface area contributed by atoms with Gasteiger partial charge >= 0.3 is 0 Å². The van der Waals surface area contributed by atoms with Gasteiger partial charge in [0.2, 0.25) is 0 Å². The Kier molecular flexibility index (Phi) is 5.82. The van der Waals surface area contributed by atoms with Gasteiger partial charge in [0.05, 0.1) is 13.2 Å². The summed E-state index contributed by atoms with van der Waals surface area (Å²) < 4.78 is 11.1. The summed E-state index contributed by atoms with van der Waals surface area (Å²) in [7, 11) is 1.64. The minimum Gasteiger partial charge on any atom is -0.497 e. The molecule has 0 heterocycles. The third-order valence-corrected chi connectivity index (χ3v) is 4.98. The van der Waals surface area contributed by atoms with Crippen molar-refractivity contribution in [2.75, 3.05) is 7.11 Å². The molecule has 1 N–H and O–H groups in total. The maximum absolute atomic E-state index is 12.5. The Balaban J connectivity index is 1.58. The van der Waals surface area contributed by atoms with Crippen LogP contribution in [0.1, 0.15) is 49.4 Å². The summed E-state index contributed by atoms with van der Waals surface area (Å²) in [6.07, 6.45) is 4.19. The Labute approximate surface area is 155 Å². The van der Waals surface area contributed by atoms with Crippen molar-refractivity contribution in [1.29, 1.82) is 0 Å². The molecule has 2 aromatic rings. The maximum atomic E-state index is 12.5. The summed E-state index contributed by atoms with van der Waals surface area (Å²) in [6, 6.07) is 13.8. The molecule has 0 bridgehead atoms. The van der Waals surface area contributed by atoms with Crippen molar-refractivity contribution < 1.29 is 14.3 Å². The number of ether oxygens (including phenoxy) is 2. The largest absolute Gasteiger partial charge is 0.497 e. The van der Waals surface area contributed by atoms with Crippen LogP contribution >= 0.6 is 0 Å². The average Bonchev–Trinajstić information content (AvgIpc) is 2.67. The van der Waals surface area contributed by atoms with Crippen molar-refractivity contribution in [3.8, 4) is 11.5 Å². The first kappa shape index (κ1) is 18.3. The molecule has 1 aliphatic rings. The van der Waals surface area contributed by atoms with E-state index in [4.69, 9.17) is 9.47 Å². The molecule has 4 heteroatoms. The number of carbonyl (C=O) groups is 1. The van der Waals surface area contributed by atoms with Gasteiger partial charge in [-0.1, -0.05) is 18.2 Å². The standard InChI is InChI=1S/C22H27NO3/c1-15(17-8-11-20(25-3)12-9-17)23-22(24)16(2)26-21-13-10-18-6-4-5-7-19(18)14-21/h8-16H,4-7H2,1-3H3,(H,23,24)/t15-,16+/m0/s1. The molecule has 1 aliphatic carbocycles. The van der Waals surface area contributed by atoms with Crippen LogP contribution in [0.3, 0.4) is 0 Å². The zero-order valence-corrected chi connectivity index (χ0v) is 15.7. The second-order valence-electron chi connectivity index (χ2n) is 6.90. The zero-order chi connectivity index (χ0) is 18.5. The lowest BCUT2D eigenvalue weighted by Crippen LogP contribution is -2.37. The fraction of sp³-hybridized carbons (Fsp3) is 0.409. The Bertz CT molecular complexity index is 754. The molecule has 0 unspecified atom stereocenters. The average molecular weight is 353 g/mol. The molecule has 0 spiro atoms. The minimum absolute atomic E-state index is 0.0945. The van der Waals surface area contributed by atoms with Crippen LogP contribution in [0.2, 0.25) is 0 Å². The highest BCUT2D eigenvalue weighted by Gasteiger charge is 2.19. The van der Waals surface area contributed by atoms with E-state index in [0.29, 0.717) is 0 Å². The van der Waals surface area contributed by atoms with Crippen molar-refractivity contribution in [2.45, 2.75) is 51.7 Å². The molecule has 0 saturated heterocycles. The quantitative estimate of drug-likeness (QED) is 0.846. The number of rotatable bonds is 6. The van der Waals surface area contributed by atoms with Crippen LogP contribution in [0.5, 0.6) is 11.5 Å². The normalized spacial score (nSPS) is 15.5. The molecule has 0 fully saturated rings. The summed E-state index contributed by atoms with van der Waals surface area (Å²) in [6.45, 7) is 3.75. The van der Waals surface area contributed by atoms with Gasteiger partial charge in [-0.2, -0.15) is 0 Å². The van der Waals surface area contributed by atoms with Gasteiger partial charge in [-0.15, -0.1) is 0 Å². The molecule has 4 nitrogen and oxygen atoms in total. The number of aryl methyl sites for hydroxylation is 2. The van der Waals surface area contributed by atoms with E-state index >= 15 is 0 Å². The molecule has 138 valence electrons. The molecule has 0 aromatic heterocycles. The first-order chi connectivity index (χ1) is 12.6. The van der Waals surface area contributed by atoms with Crippen LogP contribution < -0.4 is 14.8 Å². The van der Waals surface area contributed by atoms with Crippen LogP contribution in [0.25, 0.3) is 0 Å². The van der Waals surface area contributed by atoms with E-state index < -0.39 is 6.10 Å². The highest BCUT2D eigenvalue weighted by atomic mass is 16.5. The van der Waals surface area contributed by atoms with Crippen LogP contribution in [0, 0.1) is 0 Å². The number of methoxy groups -OCH3 is 1. The van der Waals surface area contributed by atoms with Gasteiger partial charge in [0.25, 0.3) is 5.91 Å². The molecule has 2 atom stereocenters. The molecule has 0 saturated carbocycles. The summed E-state index contributed by atoms with van der Waals surface area (Å²) >= 11 is 0. The first-order valence-electron chi connectivity index (χ1n) is 9.29. The highest BCUT2D eigenvalue weighted by Crippen LogP contribution is 2.26. The van der Waals surface area contributed by atoms with Gasteiger partial charge in [-0.3, -0.25) is 4.79 Å². The van der Waals surface area contributed by atoms with Gasteiger partial charge < -0.3 is 14.8 Å². The lowest BCUT2D eigenvalue weighted by molar-refractivity contribution is -0.127. The topological polar surface area (TPSA) is 47.6 Å². The molecule has 0 aliphatic heterocycles. The van der Waals surface area contributed by atoms with Gasteiger partial charge in [-0.25, -0.2) is 0 Å². The van der Waals surface area contributed by atoms with Gasteiger partial charge in [0.1, 0.15) is 11.5 Å². The smallest absolute Gasteiger partial charge is 0.261 e. The summed E-state index contributed by atoms with van der Waals surface area (Å²) in [5, 5.41) is 3.01. The monoisotopic (exact) mass is 353 g/mol. The summed E-state index contributed by atoms with van der Waals surface area (Å²) in [5.41, 5.74) is 3.79. The van der Waals surface area contributed by atoms with Crippen molar-refractivity contribution in [2.24, 2.45) is 0 Å². The predicted molar refractivity (Wildman–Crippen MR) is 103 cm³/mol. The molecular weight excluding hydrogens is 326 g/mol. The van der Waals surface area contributed by atoms with Crippen LogP contribution in [0.15, 0.2) is 42.5 Å². The van der Waals surface area contributed by atoms with E-state index in [1.807, 2.05) is 37.3 Å². The van der Waals surface area contributed by atoms with E-state index in [1.165, 1.54) is 24.0 Å². The SMILES string of the molecule is COc1ccc([C@H](C)NC(=O)[C@@H](C)Oc2ccc3c(c2)CCCC3)cc1. The Morgan fingerprint density at radius 3 is 2.31 bits per heavy atom. The van der Waals surface area contributed by atoms with Gasteiger partial charge in [0, 0.05) is 0 Å². The minimum atomic E-state index is -0.544. The molecule has 1 amide bonds. The Hall–Kier alpha value is -2.49. The van der Waals surface area contributed by atoms with E-state index in [1.54, 1.807) is 14.0 Å². The third kappa shape index (κ3) is 4.37. The number of amides is 1. The van der Waals surface area contributed by atoms with Crippen LogP contribution in [0.4, 0.5) is 0 Å². The number of benzene rings is 2.